The molecular formula is C17H11F3N2O4S. The number of carboxylic acids is 1. The van der Waals surface area contributed by atoms with E-state index in [2.05, 4.69) is 10.6 Å². The van der Waals surface area contributed by atoms with Crippen LogP contribution in [0.15, 0.2) is 35.2 Å². The van der Waals surface area contributed by atoms with Crippen molar-refractivity contribution in [1.82, 2.24) is 0 Å². The monoisotopic (exact) mass is 396 g/mol. The van der Waals surface area contributed by atoms with E-state index >= 15 is 0 Å². The molecule has 0 aliphatic carbocycles. The number of thioether (sulfide) groups is 1. The Morgan fingerprint density at radius 3 is 2.44 bits per heavy atom. The fourth-order valence-electron chi connectivity index (χ4n) is 2.42. The molecule has 3 N–H and O–H groups in total. The number of hydrogen-bond donors (Lipinski definition) is 3. The molecule has 0 fully saturated rings. The zero-order valence-electron chi connectivity index (χ0n) is 13.4. The number of carbonyl (C=O) groups excluding carboxylic acids is 2. The minimum absolute atomic E-state index is 0.0258. The van der Waals surface area contributed by atoms with Gasteiger partial charge in [-0.3, -0.25) is 9.59 Å². The average molecular weight is 396 g/mol. The number of halogens is 3. The molecule has 1 aliphatic rings. The Hall–Kier alpha value is -3.01. The van der Waals surface area contributed by atoms with Crippen LogP contribution in [0.5, 0.6) is 0 Å². The van der Waals surface area contributed by atoms with E-state index in [0.29, 0.717) is 22.7 Å². The molecule has 0 bridgehead atoms. The van der Waals surface area contributed by atoms with Crippen LogP contribution in [0.4, 0.5) is 24.5 Å². The summed E-state index contributed by atoms with van der Waals surface area (Å²) in [5, 5.41) is 12.9. The molecule has 6 nitrogen and oxygen atoms in total. The standard InChI is InChI=1S/C17H11F3N2O4S/c18-9-4-8(5-10(19)15(9)20)21-14(23)6-13-16(24)22-11-2-1-7(17(25)26)3-12(11)27-13/h1-5,13H,6H2,(H,21,23)(H,22,24)(H,25,26)/t13-/m1/s1. The van der Waals surface area contributed by atoms with Gasteiger partial charge in [0.15, 0.2) is 17.5 Å². The molecule has 10 heteroatoms. The summed E-state index contributed by atoms with van der Waals surface area (Å²) >= 11 is 1.000. The second-order valence-electron chi connectivity index (χ2n) is 5.62. The number of carboxylic acid groups (broad SMARTS) is 1. The molecule has 0 unspecified atom stereocenters. The van der Waals surface area contributed by atoms with Crippen molar-refractivity contribution in [1.29, 1.82) is 0 Å². The van der Waals surface area contributed by atoms with Gasteiger partial charge in [0.1, 0.15) is 0 Å². The van der Waals surface area contributed by atoms with E-state index in [0.717, 1.165) is 11.8 Å². The number of aromatic carboxylic acids is 1. The maximum atomic E-state index is 13.2. The largest absolute Gasteiger partial charge is 0.478 e. The highest BCUT2D eigenvalue weighted by atomic mass is 32.2. The minimum Gasteiger partial charge on any atom is -0.478 e. The van der Waals surface area contributed by atoms with E-state index in [9.17, 15) is 27.6 Å². The number of hydrogen-bond acceptors (Lipinski definition) is 4. The summed E-state index contributed by atoms with van der Waals surface area (Å²) in [6.07, 6.45) is -0.339. The fourth-order valence-corrected chi connectivity index (χ4v) is 3.57. The van der Waals surface area contributed by atoms with E-state index < -0.39 is 40.5 Å². The van der Waals surface area contributed by atoms with Gasteiger partial charge in [-0.05, 0) is 18.2 Å². The lowest BCUT2D eigenvalue weighted by Crippen LogP contribution is -2.32. The molecule has 1 heterocycles. The van der Waals surface area contributed by atoms with Crippen molar-refractivity contribution >= 4 is 40.9 Å². The third-order valence-electron chi connectivity index (χ3n) is 3.69. The van der Waals surface area contributed by atoms with Crippen molar-refractivity contribution in [2.24, 2.45) is 0 Å². The molecule has 140 valence electrons. The minimum atomic E-state index is -1.65. The lowest BCUT2D eigenvalue weighted by molar-refractivity contribution is -0.120. The van der Waals surface area contributed by atoms with Gasteiger partial charge in [0.05, 0.1) is 16.5 Å². The smallest absolute Gasteiger partial charge is 0.335 e. The van der Waals surface area contributed by atoms with E-state index in [1.807, 2.05) is 0 Å². The first-order valence-corrected chi connectivity index (χ1v) is 8.42. The normalized spacial score (nSPS) is 15.7. The third kappa shape index (κ3) is 4.05. The molecule has 27 heavy (non-hydrogen) atoms. The van der Waals surface area contributed by atoms with Gasteiger partial charge in [-0.1, -0.05) is 0 Å². The lowest BCUT2D eigenvalue weighted by atomic mass is 10.2. The summed E-state index contributed by atoms with van der Waals surface area (Å²) in [5.41, 5.74) is 0.165. The van der Waals surface area contributed by atoms with Gasteiger partial charge < -0.3 is 15.7 Å². The highest BCUT2D eigenvalue weighted by Crippen LogP contribution is 2.37. The van der Waals surface area contributed by atoms with Crippen LogP contribution in [0.25, 0.3) is 0 Å². The third-order valence-corrected chi connectivity index (χ3v) is 4.94. The molecule has 2 aromatic rings. The highest BCUT2D eigenvalue weighted by molar-refractivity contribution is 8.01. The first kappa shape index (κ1) is 18.8. The topological polar surface area (TPSA) is 95.5 Å². The number of carbonyl (C=O) groups is 3. The maximum Gasteiger partial charge on any atom is 0.335 e. The number of fused-ring (bicyclic) bond motifs is 1. The van der Waals surface area contributed by atoms with Crippen LogP contribution in [0.2, 0.25) is 0 Å². The van der Waals surface area contributed by atoms with Crippen LogP contribution in [0.1, 0.15) is 16.8 Å². The Labute approximate surface area is 154 Å². The second-order valence-corrected chi connectivity index (χ2v) is 6.86. The summed E-state index contributed by atoms with van der Waals surface area (Å²) in [5.74, 6) is -6.88. The number of amides is 2. The first-order chi connectivity index (χ1) is 12.7. The first-order valence-electron chi connectivity index (χ1n) is 7.54. The summed E-state index contributed by atoms with van der Waals surface area (Å²) in [7, 11) is 0. The summed E-state index contributed by atoms with van der Waals surface area (Å²) in [4.78, 5) is 35.7. The molecule has 1 aliphatic heterocycles. The molecule has 0 saturated heterocycles. The van der Waals surface area contributed by atoms with Crippen LogP contribution in [-0.4, -0.2) is 28.1 Å². The van der Waals surface area contributed by atoms with Crippen LogP contribution in [0, 0.1) is 17.5 Å². The van der Waals surface area contributed by atoms with Crippen molar-refractivity contribution in [3.8, 4) is 0 Å². The van der Waals surface area contributed by atoms with Crippen LogP contribution in [0.3, 0.4) is 0 Å². The van der Waals surface area contributed by atoms with Gasteiger partial charge >= 0.3 is 5.97 Å². The molecule has 0 radical (unpaired) electrons. The van der Waals surface area contributed by atoms with Crippen molar-refractivity contribution in [2.45, 2.75) is 16.6 Å². The number of benzene rings is 2. The van der Waals surface area contributed by atoms with Crippen molar-refractivity contribution in [2.75, 3.05) is 10.6 Å². The Bertz CT molecular complexity index is 944. The van der Waals surface area contributed by atoms with Crippen LogP contribution >= 0.6 is 11.8 Å². The van der Waals surface area contributed by atoms with Gasteiger partial charge in [0, 0.05) is 29.1 Å². The van der Waals surface area contributed by atoms with Crippen molar-refractivity contribution < 1.29 is 32.7 Å². The SMILES string of the molecule is O=C(C[C@H]1Sc2cc(C(=O)O)ccc2NC1=O)Nc1cc(F)c(F)c(F)c1. The second kappa shape index (κ2) is 7.31. The van der Waals surface area contributed by atoms with E-state index in [-0.39, 0.29) is 17.7 Å². The number of nitrogens with one attached hydrogen (secondary N) is 2. The van der Waals surface area contributed by atoms with E-state index in [1.54, 1.807) is 0 Å². The van der Waals surface area contributed by atoms with Crippen molar-refractivity contribution in [3.63, 3.8) is 0 Å². The molecule has 0 spiro atoms. The van der Waals surface area contributed by atoms with E-state index in [1.165, 1.54) is 18.2 Å². The molecule has 0 aromatic heterocycles. The molecule has 3 rings (SSSR count). The zero-order chi connectivity index (χ0) is 19.7. The number of anilines is 2. The maximum absolute atomic E-state index is 13.2. The van der Waals surface area contributed by atoms with Gasteiger partial charge in [-0.25, -0.2) is 18.0 Å². The van der Waals surface area contributed by atoms with Gasteiger partial charge in [0.2, 0.25) is 11.8 Å². The zero-order valence-corrected chi connectivity index (χ0v) is 14.2. The van der Waals surface area contributed by atoms with Crippen LogP contribution < -0.4 is 10.6 Å². The molecular weight excluding hydrogens is 385 g/mol. The van der Waals surface area contributed by atoms with Gasteiger partial charge in [0.25, 0.3) is 0 Å². The molecule has 2 aromatic carbocycles. The van der Waals surface area contributed by atoms with Gasteiger partial charge in [-0.2, -0.15) is 0 Å². The molecule has 1 atom stereocenters. The predicted octanol–water partition coefficient (Wildman–Crippen LogP) is 3.24. The van der Waals surface area contributed by atoms with Gasteiger partial charge in [-0.15, -0.1) is 11.8 Å². The Balaban J connectivity index is 1.72. The summed E-state index contributed by atoms with van der Waals surface area (Å²) in [6.45, 7) is 0. The number of rotatable bonds is 4. The van der Waals surface area contributed by atoms with Crippen LogP contribution in [-0.2, 0) is 9.59 Å². The molecule has 2 amide bonds. The van der Waals surface area contributed by atoms with E-state index in [4.69, 9.17) is 5.11 Å². The Morgan fingerprint density at radius 2 is 1.81 bits per heavy atom. The quantitative estimate of drug-likeness (QED) is 0.690. The predicted molar refractivity (Wildman–Crippen MR) is 91.2 cm³/mol. The van der Waals surface area contributed by atoms with Crippen molar-refractivity contribution in [3.05, 3.63) is 53.3 Å². The summed E-state index contributed by atoms with van der Waals surface area (Å²) < 4.78 is 39.3. The fraction of sp³-hybridized carbons (Fsp3) is 0.118. The highest BCUT2D eigenvalue weighted by Gasteiger charge is 2.29. The Morgan fingerprint density at radius 1 is 1.15 bits per heavy atom. The Kier molecular flexibility index (Phi) is 5.08. The molecule has 0 saturated carbocycles. The summed E-state index contributed by atoms with van der Waals surface area (Å²) in [6, 6.07) is 5.41. The average Bonchev–Trinajstić information content (AvgIpc) is 2.59. The lowest BCUT2D eigenvalue weighted by Gasteiger charge is -2.24.